The topological polar surface area (TPSA) is 195 Å². The van der Waals surface area contributed by atoms with Crippen molar-refractivity contribution in [2.45, 2.75) is 180 Å². The smallest absolute Gasteiger partial charge is 1.00 e. The maximum atomic E-state index is 14.4. The van der Waals surface area contributed by atoms with Crippen LogP contribution in [0.25, 0.3) is 0 Å². The molecule has 0 aromatic heterocycles. The van der Waals surface area contributed by atoms with Crippen LogP contribution in [-0.4, -0.2) is 139 Å². The maximum absolute atomic E-state index is 14.4. The fraction of sp³-hybridized carbons (Fsp3) is 0.745. The molecule has 3 N–H and O–H groups in total. The molecule has 2 radical (unpaired) electrons. The van der Waals surface area contributed by atoms with E-state index in [0.29, 0.717) is 63.4 Å². The summed E-state index contributed by atoms with van der Waals surface area (Å²) in [6.45, 7) is 12.7. The SMILES string of the molecule is CO[C@H]1C[C@@H]2CC[C@@H](C)[C@@](O)(O2)C(=O)C(=O)N2CCCC[C@H]2C(=O)O[C@H]([C@H](C)C[C@@H]2CC[C@@H](O)[C@H](OC)C2)CC(=O)[C@H](C)/C=C(\C)[C@@H](O)[C@@H](OC)C(=O)[C@H](C)C[C@H](C)/C=C/C=CC=C1C.[B]P.[F-].[K+]. The van der Waals surface area contributed by atoms with Gasteiger partial charge in [0.15, 0.2) is 5.78 Å². The van der Waals surface area contributed by atoms with Gasteiger partial charge in [-0.2, -0.15) is 9.12 Å². The normalized spacial score (nSPS) is 36.9. The number of nitrogens with zero attached hydrogens (tertiary/aromatic N) is 1. The van der Waals surface area contributed by atoms with E-state index in [1.807, 2.05) is 67.2 Å². The van der Waals surface area contributed by atoms with Crippen molar-refractivity contribution in [3.8, 4) is 0 Å². The van der Waals surface area contributed by atoms with Crippen LogP contribution in [0.5, 0.6) is 0 Å². The van der Waals surface area contributed by atoms with E-state index in [-0.39, 0.29) is 111 Å². The molecule has 2 saturated heterocycles. The molecule has 2 bridgehead atoms. The Morgan fingerprint density at radius 1 is 0.870 bits per heavy atom. The van der Waals surface area contributed by atoms with Gasteiger partial charge in [-0.25, -0.2) is 4.79 Å². The molecule has 14 nitrogen and oxygen atoms in total. The van der Waals surface area contributed by atoms with Crippen molar-refractivity contribution in [3.05, 3.63) is 47.6 Å². The van der Waals surface area contributed by atoms with Gasteiger partial charge in [0, 0.05) is 58.5 Å². The minimum absolute atomic E-state index is 0. The number of carbonyl (C=O) groups is 5. The summed E-state index contributed by atoms with van der Waals surface area (Å²) < 4.78 is 29.4. The summed E-state index contributed by atoms with van der Waals surface area (Å²) in [5, 5.41) is 33.8. The number of ether oxygens (including phenoxy) is 5. The fourth-order valence-corrected chi connectivity index (χ4v) is 10.1. The molecule has 1 amide bonds. The molecule has 0 aromatic carbocycles. The van der Waals surface area contributed by atoms with Crippen molar-refractivity contribution < 1.29 is 119 Å². The standard InChI is InChI=1S/C51H79NO13.BH2P.FH.K/c1-30-16-12-11-13-17-31(2)42(61-8)28-38-21-19-36(7)51(60,65-38)48(57)49(58)52-23-15-14-18-39(52)50(59)64-43(33(4)26-37-20-22-40(53)44(27-37)62-9)29-41(54)32(3)25-35(6)46(56)47(63-10)45(55)34(5)24-30;1-2;;/h11-13,16-17,25,30,32-34,36-40,42-44,46-47,53,56,60H,14-15,18-24,26-29H2,1-10H3;2H2;1H;/q;;;+1/p-1/b13-11?,16-12+,31-17?,35-25+;;;/t30-,32-,33-,34-,36-,37+,38+,39+,40-,42+,43+,44-,46-,47+,51-;;;/m1.../s1. The van der Waals surface area contributed by atoms with Crippen molar-refractivity contribution in [3.63, 3.8) is 0 Å². The van der Waals surface area contributed by atoms with Crippen molar-refractivity contribution in [2.24, 2.45) is 35.5 Å². The van der Waals surface area contributed by atoms with Crippen LogP contribution in [0.15, 0.2) is 47.6 Å². The second-order valence-corrected chi connectivity index (χ2v) is 19.6. The second kappa shape index (κ2) is 32.1. The van der Waals surface area contributed by atoms with E-state index in [2.05, 4.69) is 7.57 Å². The third kappa shape index (κ3) is 18.5. The van der Waals surface area contributed by atoms with Gasteiger partial charge in [0.05, 0.1) is 32.0 Å². The number of aliphatic hydroxyl groups is 3. The quantitative estimate of drug-likeness (QED) is 0.107. The Hall–Kier alpha value is -1.31. The molecule has 3 aliphatic heterocycles. The summed E-state index contributed by atoms with van der Waals surface area (Å²) in [5.41, 5.74) is 1.27. The molecule has 1 unspecified atom stereocenters. The average Bonchev–Trinajstić information content (AvgIpc) is 3.31. The molecule has 69 heavy (non-hydrogen) atoms. The van der Waals surface area contributed by atoms with E-state index in [0.717, 1.165) is 12.0 Å². The average molecular weight is 1020 g/mol. The number of hydrogen-bond acceptors (Lipinski definition) is 13. The first kappa shape index (κ1) is 65.7. The minimum atomic E-state index is -2.43. The Kier molecular flexibility index (Phi) is 30.6. The Morgan fingerprint density at radius 3 is 2.19 bits per heavy atom. The molecule has 1 saturated carbocycles. The van der Waals surface area contributed by atoms with E-state index in [1.165, 1.54) is 12.0 Å². The second-order valence-electron chi connectivity index (χ2n) is 19.6. The van der Waals surface area contributed by atoms with Gasteiger partial charge < -0.3 is 48.6 Å². The zero-order valence-corrected chi connectivity index (χ0v) is 47.4. The number of hydrogen-bond donors (Lipinski definition) is 3. The molecule has 0 aromatic rings. The van der Waals surface area contributed by atoms with E-state index in [4.69, 9.17) is 23.7 Å². The molecule has 3 heterocycles. The monoisotopic (exact) mass is 1020 g/mol. The minimum Gasteiger partial charge on any atom is -1.00 e. The first-order valence-corrected chi connectivity index (χ1v) is 24.9. The fourth-order valence-electron chi connectivity index (χ4n) is 10.1. The molecule has 1 aliphatic carbocycles. The first-order chi connectivity index (χ1) is 31.7. The number of Topliss-reactive ketones (excluding diaryl/α,β-unsaturated/α-hetero) is 3. The molecular weight excluding hydrogens is 934 g/mol. The largest absolute Gasteiger partial charge is 1.00 e. The number of methoxy groups -OCH3 is 3. The predicted molar refractivity (Wildman–Crippen MR) is 261 cm³/mol. The van der Waals surface area contributed by atoms with Crippen LogP contribution >= 0.6 is 9.12 Å². The number of rotatable bonds is 6. The third-order valence-corrected chi connectivity index (χ3v) is 14.5. The summed E-state index contributed by atoms with van der Waals surface area (Å²) >= 11 is 0. The van der Waals surface area contributed by atoms with Gasteiger partial charge in [-0.3, -0.25) is 19.2 Å². The summed E-state index contributed by atoms with van der Waals surface area (Å²) in [7, 11) is 10.9. The number of ketones is 3. The van der Waals surface area contributed by atoms with Gasteiger partial charge in [-0.05, 0) is 107 Å². The molecule has 4 rings (SSSR count). The number of fused-ring (bicyclic) bond motifs is 3. The number of allylic oxidation sites excluding steroid dienone is 6. The summed E-state index contributed by atoms with van der Waals surface area (Å²) in [6.07, 6.45) is 11.2. The van der Waals surface area contributed by atoms with Crippen molar-refractivity contribution in [1.29, 1.82) is 0 Å². The molecule has 384 valence electrons. The maximum Gasteiger partial charge on any atom is 1.00 e. The zero-order valence-electron chi connectivity index (χ0n) is 43.1. The van der Waals surface area contributed by atoms with Crippen LogP contribution in [-0.2, 0) is 47.7 Å². The Balaban J connectivity index is 0.00000587. The van der Waals surface area contributed by atoms with Gasteiger partial charge in [0.1, 0.15) is 30.1 Å². The number of esters is 1. The van der Waals surface area contributed by atoms with Crippen molar-refractivity contribution >= 4 is 45.9 Å². The van der Waals surface area contributed by atoms with Gasteiger partial charge in [-0.1, -0.05) is 71.1 Å². The molecule has 18 heteroatoms. The van der Waals surface area contributed by atoms with Crippen LogP contribution in [0.3, 0.4) is 0 Å². The number of amides is 1. The van der Waals surface area contributed by atoms with Gasteiger partial charge in [0.25, 0.3) is 11.7 Å². The Labute approximate surface area is 457 Å². The van der Waals surface area contributed by atoms with Crippen LogP contribution < -0.4 is 56.1 Å². The number of piperidine rings is 1. The molecule has 4 aliphatic rings. The van der Waals surface area contributed by atoms with Crippen molar-refractivity contribution in [1.82, 2.24) is 4.90 Å². The molecular formula is C51H81BFKNO13P. The van der Waals surface area contributed by atoms with Crippen LogP contribution in [0.4, 0.5) is 0 Å². The number of cyclic esters (lactones) is 1. The van der Waals surface area contributed by atoms with E-state index < -0.39 is 83.9 Å². The Bertz CT molecular complexity index is 1790. The summed E-state index contributed by atoms with van der Waals surface area (Å²) in [4.78, 5) is 71.8. The number of aliphatic hydroxyl groups excluding tert-OH is 2. The third-order valence-electron chi connectivity index (χ3n) is 14.5. The van der Waals surface area contributed by atoms with E-state index in [9.17, 15) is 39.3 Å². The van der Waals surface area contributed by atoms with Gasteiger partial charge in [-0.15, -0.1) is 0 Å². The Morgan fingerprint density at radius 2 is 1.55 bits per heavy atom. The van der Waals surface area contributed by atoms with Crippen LogP contribution in [0.1, 0.15) is 126 Å². The number of halogens is 1. The zero-order chi connectivity index (χ0) is 50.2. The summed E-state index contributed by atoms with van der Waals surface area (Å²) in [5.74, 6) is -7.96. The van der Waals surface area contributed by atoms with Crippen LogP contribution in [0, 0.1) is 35.5 Å². The first-order valence-electron chi connectivity index (χ1n) is 24.3. The predicted octanol–water partition coefficient (Wildman–Crippen LogP) is 0.134. The van der Waals surface area contributed by atoms with E-state index in [1.54, 1.807) is 41.1 Å². The number of carbonyl (C=O) groups excluding carboxylic acids is 5. The van der Waals surface area contributed by atoms with Gasteiger partial charge in [0.2, 0.25) is 5.79 Å². The van der Waals surface area contributed by atoms with Crippen LogP contribution in [0.2, 0.25) is 0 Å². The van der Waals surface area contributed by atoms with Crippen molar-refractivity contribution in [2.75, 3.05) is 27.9 Å². The molecule has 3 fully saturated rings. The molecule has 0 spiro atoms. The van der Waals surface area contributed by atoms with E-state index >= 15 is 0 Å². The molecule has 16 atom stereocenters. The summed E-state index contributed by atoms with van der Waals surface area (Å²) in [6, 6.07) is -1.14. The van der Waals surface area contributed by atoms with Gasteiger partial charge >= 0.3 is 57.4 Å².